The molecule has 3 rings (SSSR count). The first-order chi connectivity index (χ1) is 12.5. The van der Waals surface area contributed by atoms with E-state index in [2.05, 4.69) is 35.8 Å². The summed E-state index contributed by atoms with van der Waals surface area (Å²) in [6, 6.07) is 12.2. The van der Waals surface area contributed by atoms with Gasteiger partial charge in [0.1, 0.15) is 0 Å². The quantitative estimate of drug-likeness (QED) is 0.793. The summed E-state index contributed by atoms with van der Waals surface area (Å²) < 4.78 is 0. The van der Waals surface area contributed by atoms with Gasteiger partial charge in [-0.15, -0.1) is 11.3 Å². The van der Waals surface area contributed by atoms with E-state index >= 15 is 0 Å². The molecule has 138 valence electrons. The van der Waals surface area contributed by atoms with Gasteiger partial charge in [0.2, 0.25) is 5.91 Å². The fraction of sp³-hybridized carbons (Fsp3) is 0.429. The van der Waals surface area contributed by atoms with Crippen LogP contribution in [0.2, 0.25) is 0 Å². The lowest BCUT2D eigenvalue weighted by molar-refractivity contribution is -0.144. The number of carboxylic acid groups (broad SMARTS) is 1. The molecule has 1 heterocycles. The number of thiophene rings is 1. The molecule has 1 aromatic carbocycles. The Morgan fingerprint density at radius 3 is 2.35 bits per heavy atom. The SMILES string of the molecule is Cc1ccsc1C(Cc1ccccc1)NC(=O)C1CCC(C(=O)O)CC1. The fourth-order valence-corrected chi connectivity index (χ4v) is 4.67. The van der Waals surface area contributed by atoms with Crippen LogP contribution in [0.4, 0.5) is 0 Å². The minimum Gasteiger partial charge on any atom is -0.481 e. The molecule has 26 heavy (non-hydrogen) atoms. The molecule has 2 N–H and O–H groups in total. The van der Waals surface area contributed by atoms with Crippen LogP contribution in [0.25, 0.3) is 0 Å². The number of aliphatic carboxylic acids is 1. The lowest BCUT2D eigenvalue weighted by Crippen LogP contribution is -2.37. The third-order valence-electron chi connectivity index (χ3n) is 5.26. The minimum atomic E-state index is -0.736. The molecule has 0 bridgehead atoms. The average Bonchev–Trinajstić information content (AvgIpc) is 3.08. The molecule has 1 aliphatic carbocycles. The first kappa shape index (κ1) is 18.6. The maximum atomic E-state index is 12.8. The van der Waals surface area contributed by atoms with Crippen LogP contribution in [-0.2, 0) is 16.0 Å². The van der Waals surface area contributed by atoms with E-state index in [9.17, 15) is 9.59 Å². The summed E-state index contributed by atoms with van der Waals surface area (Å²) in [5.74, 6) is -1.05. The number of amides is 1. The molecular weight excluding hydrogens is 346 g/mol. The van der Waals surface area contributed by atoms with Gasteiger partial charge in [0.05, 0.1) is 12.0 Å². The van der Waals surface area contributed by atoms with Crippen LogP contribution < -0.4 is 5.32 Å². The molecule has 4 nitrogen and oxygen atoms in total. The molecule has 0 radical (unpaired) electrons. The zero-order chi connectivity index (χ0) is 18.5. The summed E-state index contributed by atoms with van der Waals surface area (Å²) >= 11 is 1.68. The molecule has 0 spiro atoms. The molecule has 2 aromatic rings. The normalized spacial score (nSPS) is 21.1. The predicted octanol–water partition coefficient (Wildman–Crippen LogP) is 4.35. The van der Waals surface area contributed by atoms with Crippen LogP contribution in [0.1, 0.15) is 47.7 Å². The highest BCUT2D eigenvalue weighted by atomic mass is 32.1. The van der Waals surface area contributed by atoms with Gasteiger partial charge in [0.25, 0.3) is 0 Å². The van der Waals surface area contributed by atoms with Gasteiger partial charge in [-0.05, 0) is 61.6 Å². The van der Waals surface area contributed by atoms with Gasteiger partial charge in [0, 0.05) is 10.8 Å². The summed E-state index contributed by atoms with van der Waals surface area (Å²) in [5, 5.41) is 14.4. The maximum absolute atomic E-state index is 12.8. The lowest BCUT2D eigenvalue weighted by atomic mass is 9.81. The van der Waals surface area contributed by atoms with Crippen molar-refractivity contribution in [3.05, 3.63) is 57.8 Å². The number of hydrogen-bond donors (Lipinski definition) is 2. The van der Waals surface area contributed by atoms with Crippen molar-refractivity contribution in [3.8, 4) is 0 Å². The van der Waals surface area contributed by atoms with Crippen LogP contribution in [0, 0.1) is 18.8 Å². The van der Waals surface area contributed by atoms with E-state index in [1.54, 1.807) is 11.3 Å². The summed E-state index contributed by atoms with van der Waals surface area (Å²) in [5.41, 5.74) is 2.39. The topological polar surface area (TPSA) is 66.4 Å². The van der Waals surface area contributed by atoms with Crippen molar-refractivity contribution in [1.82, 2.24) is 5.32 Å². The zero-order valence-electron chi connectivity index (χ0n) is 15.0. The van der Waals surface area contributed by atoms with Crippen molar-refractivity contribution in [2.75, 3.05) is 0 Å². The lowest BCUT2D eigenvalue weighted by Gasteiger charge is -2.27. The van der Waals surface area contributed by atoms with Gasteiger partial charge in [-0.3, -0.25) is 9.59 Å². The van der Waals surface area contributed by atoms with Gasteiger partial charge in [0.15, 0.2) is 0 Å². The Kier molecular flexibility index (Phi) is 6.09. The molecular formula is C21H25NO3S. The van der Waals surface area contributed by atoms with Crippen molar-refractivity contribution in [2.24, 2.45) is 11.8 Å². The largest absolute Gasteiger partial charge is 0.481 e. The number of nitrogens with one attached hydrogen (secondary N) is 1. The monoisotopic (exact) mass is 371 g/mol. The van der Waals surface area contributed by atoms with Crippen molar-refractivity contribution >= 4 is 23.2 Å². The van der Waals surface area contributed by atoms with E-state index in [0.29, 0.717) is 25.7 Å². The van der Waals surface area contributed by atoms with E-state index in [1.807, 2.05) is 18.2 Å². The van der Waals surface area contributed by atoms with E-state index in [-0.39, 0.29) is 23.8 Å². The molecule has 0 aliphatic heterocycles. The number of carbonyl (C=O) groups excluding carboxylic acids is 1. The second-order valence-electron chi connectivity index (χ2n) is 7.11. The number of rotatable bonds is 6. The number of carboxylic acids is 1. The third kappa shape index (κ3) is 4.52. The van der Waals surface area contributed by atoms with Crippen LogP contribution >= 0.6 is 11.3 Å². The van der Waals surface area contributed by atoms with Gasteiger partial charge in [-0.1, -0.05) is 30.3 Å². The molecule has 1 unspecified atom stereocenters. The Morgan fingerprint density at radius 1 is 1.12 bits per heavy atom. The van der Waals surface area contributed by atoms with E-state index in [4.69, 9.17) is 5.11 Å². The summed E-state index contributed by atoms with van der Waals surface area (Å²) in [4.78, 5) is 25.1. The summed E-state index contributed by atoms with van der Waals surface area (Å²) in [6.07, 6.45) is 3.26. The van der Waals surface area contributed by atoms with Gasteiger partial charge in [-0.2, -0.15) is 0 Å². The Hall–Kier alpha value is -2.14. The van der Waals surface area contributed by atoms with Crippen molar-refractivity contribution in [3.63, 3.8) is 0 Å². The zero-order valence-corrected chi connectivity index (χ0v) is 15.8. The molecule has 1 atom stereocenters. The maximum Gasteiger partial charge on any atom is 0.306 e. The first-order valence-electron chi connectivity index (χ1n) is 9.15. The Labute approximate surface area is 158 Å². The van der Waals surface area contributed by atoms with E-state index < -0.39 is 5.97 Å². The van der Waals surface area contributed by atoms with Crippen molar-refractivity contribution in [1.29, 1.82) is 0 Å². The number of benzene rings is 1. The predicted molar refractivity (Wildman–Crippen MR) is 103 cm³/mol. The van der Waals surface area contributed by atoms with Crippen LogP contribution in [0.3, 0.4) is 0 Å². The first-order valence-corrected chi connectivity index (χ1v) is 10.0. The highest BCUT2D eigenvalue weighted by Gasteiger charge is 2.31. The number of aryl methyl sites for hydroxylation is 1. The second kappa shape index (κ2) is 8.49. The molecule has 0 saturated heterocycles. The number of hydrogen-bond acceptors (Lipinski definition) is 3. The smallest absolute Gasteiger partial charge is 0.306 e. The molecule has 1 saturated carbocycles. The fourth-order valence-electron chi connectivity index (χ4n) is 3.69. The molecule has 1 fully saturated rings. The van der Waals surface area contributed by atoms with Gasteiger partial charge in [-0.25, -0.2) is 0 Å². The van der Waals surface area contributed by atoms with Gasteiger partial charge >= 0.3 is 5.97 Å². The highest BCUT2D eigenvalue weighted by Crippen LogP contribution is 2.31. The Balaban J connectivity index is 1.69. The molecule has 5 heteroatoms. The van der Waals surface area contributed by atoms with Crippen molar-refractivity contribution < 1.29 is 14.7 Å². The summed E-state index contributed by atoms with van der Waals surface area (Å²) in [7, 11) is 0. The minimum absolute atomic E-state index is 0.0397. The summed E-state index contributed by atoms with van der Waals surface area (Å²) in [6.45, 7) is 2.08. The standard InChI is InChI=1S/C21H25NO3S/c1-14-11-12-26-19(14)18(13-15-5-3-2-4-6-15)22-20(23)16-7-9-17(10-8-16)21(24)25/h2-6,11-12,16-18H,7-10,13H2,1H3,(H,22,23)(H,24,25). The second-order valence-corrected chi connectivity index (χ2v) is 8.05. The third-order valence-corrected chi connectivity index (χ3v) is 6.40. The molecule has 1 aliphatic rings. The van der Waals surface area contributed by atoms with Gasteiger partial charge < -0.3 is 10.4 Å². The van der Waals surface area contributed by atoms with Crippen molar-refractivity contribution in [2.45, 2.75) is 45.1 Å². The molecule has 1 aromatic heterocycles. The van der Waals surface area contributed by atoms with Crippen LogP contribution in [0.5, 0.6) is 0 Å². The Morgan fingerprint density at radius 2 is 1.77 bits per heavy atom. The molecule has 1 amide bonds. The van der Waals surface area contributed by atoms with E-state index in [0.717, 1.165) is 6.42 Å². The van der Waals surface area contributed by atoms with Crippen LogP contribution in [0.15, 0.2) is 41.8 Å². The van der Waals surface area contributed by atoms with Crippen LogP contribution in [-0.4, -0.2) is 17.0 Å². The van der Waals surface area contributed by atoms with E-state index in [1.165, 1.54) is 16.0 Å². The average molecular weight is 372 g/mol. The number of carbonyl (C=O) groups is 2. The Bertz CT molecular complexity index is 748. The highest BCUT2D eigenvalue weighted by molar-refractivity contribution is 7.10.